The Kier molecular flexibility index (Phi) is 6.62. The summed E-state index contributed by atoms with van der Waals surface area (Å²) in [6.07, 6.45) is 0.833. The Labute approximate surface area is 183 Å². The molecule has 0 aliphatic heterocycles. The molecule has 2 heterocycles. The summed E-state index contributed by atoms with van der Waals surface area (Å²) < 4.78 is 7.04. The number of fused-ring (bicyclic) bond motifs is 1. The molecule has 0 N–H and O–H groups in total. The smallest absolute Gasteiger partial charge is 0.262 e. The molecule has 30 heavy (non-hydrogen) atoms. The van der Waals surface area contributed by atoms with Gasteiger partial charge in [-0.15, -0.1) is 11.3 Å². The summed E-state index contributed by atoms with van der Waals surface area (Å²) in [7, 11) is 1.65. The molecule has 1 atom stereocenters. The van der Waals surface area contributed by atoms with Crippen LogP contribution in [0, 0.1) is 0 Å². The minimum Gasteiger partial charge on any atom is -0.383 e. The number of aromatic nitrogens is 3. The van der Waals surface area contributed by atoms with Crippen molar-refractivity contribution in [3.63, 3.8) is 0 Å². The predicted molar refractivity (Wildman–Crippen MR) is 124 cm³/mol. The van der Waals surface area contributed by atoms with Gasteiger partial charge >= 0.3 is 0 Å². The number of rotatable bonds is 8. The normalized spacial score (nSPS) is 12.3. The van der Waals surface area contributed by atoms with Gasteiger partial charge in [-0.1, -0.05) is 54.2 Å². The van der Waals surface area contributed by atoms with Gasteiger partial charge in [0, 0.05) is 24.7 Å². The lowest BCUT2D eigenvalue weighted by Crippen LogP contribution is -2.28. The molecule has 5 nitrogen and oxygen atoms in total. The third kappa shape index (κ3) is 4.64. The topological polar surface area (TPSA) is 57.0 Å². The van der Waals surface area contributed by atoms with E-state index in [-0.39, 0.29) is 11.6 Å². The predicted octanol–water partition coefficient (Wildman–Crippen LogP) is 4.94. The van der Waals surface area contributed by atoms with Crippen LogP contribution in [0.15, 0.2) is 69.9 Å². The lowest BCUT2D eigenvalue weighted by Gasteiger charge is -2.18. The van der Waals surface area contributed by atoms with Gasteiger partial charge in [-0.3, -0.25) is 9.36 Å². The molecular formula is C23H23N3O2S2. The van der Waals surface area contributed by atoms with Crippen LogP contribution in [0.1, 0.15) is 29.2 Å². The molecule has 2 aromatic carbocycles. The number of ether oxygens (including phenoxy) is 1. The minimum absolute atomic E-state index is 0.0318. The fraction of sp³-hybridized carbons (Fsp3) is 0.261. The summed E-state index contributed by atoms with van der Waals surface area (Å²) >= 11 is 3.21. The van der Waals surface area contributed by atoms with E-state index in [0.717, 1.165) is 17.1 Å². The van der Waals surface area contributed by atoms with Gasteiger partial charge < -0.3 is 4.74 Å². The highest BCUT2D eigenvalue weighted by Gasteiger charge is 2.17. The Morgan fingerprint density at radius 2 is 1.87 bits per heavy atom. The number of para-hydroxylation sites is 1. The monoisotopic (exact) mass is 437 g/mol. The first-order valence-electron chi connectivity index (χ1n) is 9.76. The van der Waals surface area contributed by atoms with Crippen LogP contribution >= 0.6 is 23.1 Å². The van der Waals surface area contributed by atoms with E-state index in [1.807, 2.05) is 49.4 Å². The van der Waals surface area contributed by atoms with Crippen LogP contribution < -0.4 is 5.56 Å². The molecule has 1 unspecified atom stereocenters. The molecule has 0 aliphatic carbocycles. The van der Waals surface area contributed by atoms with Crippen LogP contribution in [0.4, 0.5) is 0 Å². The number of benzene rings is 2. The molecule has 0 spiro atoms. The lowest BCUT2D eigenvalue weighted by molar-refractivity contribution is 0.156. The van der Waals surface area contributed by atoms with Crippen LogP contribution in [0.2, 0.25) is 0 Å². The number of thiazole rings is 1. The lowest BCUT2D eigenvalue weighted by atomic mass is 10.2. The SMILES string of the molecule is COCC(C)n1c(SCc2csc(Cc3ccccc3)n2)nc2ccccc2c1=O. The summed E-state index contributed by atoms with van der Waals surface area (Å²) in [6.45, 7) is 2.43. The minimum atomic E-state index is -0.105. The zero-order chi connectivity index (χ0) is 20.9. The van der Waals surface area contributed by atoms with Crippen LogP contribution in [0.3, 0.4) is 0 Å². The summed E-state index contributed by atoms with van der Waals surface area (Å²) in [4.78, 5) is 22.7. The summed E-state index contributed by atoms with van der Waals surface area (Å²) in [6, 6.07) is 17.7. The maximum atomic E-state index is 13.1. The van der Waals surface area contributed by atoms with Crippen LogP contribution in [0.25, 0.3) is 10.9 Å². The highest BCUT2D eigenvalue weighted by Crippen LogP contribution is 2.26. The van der Waals surface area contributed by atoms with Crippen LogP contribution in [-0.4, -0.2) is 28.3 Å². The first-order chi connectivity index (χ1) is 14.7. The van der Waals surface area contributed by atoms with Crippen molar-refractivity contribution in [1.29, 1.82) is 0 Å². The average Bonchev–Trinajstić information content (AvgIpc) is 3.20. The second-order valence-corrected chi connectivity index (χ2v) is 8.96. The molecule has 0 saturated heterocycles. The average molecular weight is 438 g/mol. The van der Waals surface area contributed by atoms with Crippen molar-refractivity contribution in [1.82, 2.24) is 14.5 Å². The fourth-order valence-electron chi connectivity index (χ4n) is 3.34. The zero-order valence-corrected chi connectivity index (χ0v) is 18.6. The van der Waals surface area contributed by atoms with Gasteiger partial charge in [-0.25, -0.2) is 9.97 Å². The molecule has 0 aliphatic rings. The Bertz CT molecular complexity index is 1190. The molecule has 7 heteroatoms. The van der Waals surface area contributed by atoms with Gasteiger partial charge in [0.25, 0.3) is 5.56 Å². The Balaban J connectivity index is 1.57. The molecule has 2 aromatic heterocycles. The van der Waals surface area contributed by atoms with E-state index in [1.54, 1.807) is 34.8 Å². The van der Waals surface area contributed by atoms with Crippen LogP contribution in [0.5, 0.6) is 0 Å². The molecule has 154 valence electrons. The quantitative estimate of drug-likeness (QED) is 0.289. The molecule has 4 rings (SSSR count). The summed E-state index contributed by atoms with van der Waals surface area (Å²) in [5.41, 5.74) is 2.94. The summed E-state index contributed by atoms with van der Waals surface area (Å²) in [5, 5.41) is 4.51. The number of methoxy groups -OCH3 is 1. The third-order valence-corrected chi connectivity index (χ3v) is 6.65. The van der Waals surface area contributed by atoms with Gasteiger partial charge in [0.15, 0.2) is 5.16 Å². The second-order valence-electron chi connectivity index (χ2n) is 7.07. The van der Waals surface area contributed by atoms with Gasteiger partial charge in [-0.05, 0) is 24.6 Å². The zero-order valence-electron chi connectivity index (χ0n) is 16.9. The van der Waals surface area contributed by atoms with Gasteiger partial charge in [-0.2, -0.15) is 0 Å². The van der Waals surface area contributed by atoms with Gasteiger partial charge in [0.2, 0.25) is 0 Å². The van der Waals surface area contributed by atoms with Crippen LogP contribution in [-0.2, 0) is 16.9 Å². The molecule has 0 amide bonds. The van der Waals surface area contributed by atoms with Gasteiger partial charge in [0.05, 0.1) is 34.3 Å². The van der Waals surface area contributed by atoms with Crippen molar-refractivity contribution >= 4 is 34.0 Å². The van der Waals surface area contributed by atoms with Crippen molar-refractivity contribution < 1.29 is 4.74 Å². The van der Waals surface area contributed by atoms with E-state index in [9.17, 15) is 4.79 Å². The highest BCUT2D eigenvalue weighted by molar-refractivity contribution is 7.98. The Morgan fingerprint density at radius 3 is 2.67 bits per heavy atom. The fourth-order valence-corrected chi connectivity index (χ4v) is 5.26. The van der Waals surface area contributed by atoms with Crippen molar-refractivity contribution in [3.05, 3.63) is 86.6 Å². The third-order valence-electron chi connectivity index (χ3n) is 4.77. The standard InChI is InChI=1S/C23H23N3O2S2/c1-16(13-28-2)26-22(27)19-10-6-7-11-20(19)25-23(26)30-15-18-14-29-21(24-18)12-17-8-4-3-5-9-17/h3-11,14,16H,12-13,15H2,1-2H3. The molecule has 0 fully saturated rings. The first kappa shape index (κ1) is 20.8. The maximum Gasteiger partial charge on any atom is 0.262 e. The number of hydrogen-bond donors (Lipinski definition) is 0. The van der Waals surface area contributed by atoms with E-state index in [1.165, 1.54) is 5.56 Å². The Morgan fingerprint density at radius 1 is 1.10 bits per heavy atom. The van der Waals surface area contributed by atoms with Gasteiger partial charge in [0.1, 0.15) is 0 Å². The highest BCUT2D eigenvalue weighted by atomic mass is 32.2. The van der Waals surface area contributed by atoms with Crippen molar-refractivity contribution in [3.8, 4) is 0 Å². The second kappa shape index (κ2) is 9.55. The molecule has 4 aromatic rings. The number of nitrogens with zero attached hydrogens (tertiary/aromatic N) is 3. The van der Waals surface area contributed by atoms with E-state index < -0.39 is 0 Å². The molecule has 0 bridgehead atoms. The molecule has 0 radical (unpaired) electrons. The van der Waals surface area contributed by atoms with Crippen molar-refractivity contribution in [2.75, 3.05) is 13.7 Å². The first-order valence-corrected chi connectivity index (χ1v) is 11.6. The maximum absolute atomic E-state index is 13.1. The Hall–Kier alpha value is -2.48. The largest absolute Gasteiger partial charge is 0.383 e. The summed E-state index contributed by atoms with van der Waals surface area (Å²) in [5.74, 6) is 0.662. The molecule has 0 saturated carbocycles. The van der Waals surface area contributed by atoms with E-state index in [0.29, 0.717) is 28.4 Å². The number of hydrogen-bond acceptors (Lipinski definition) is 6. The van der Waals surface area contributed by atoms with Crippen molar-refractivity contribution in [2.45, 2.75) is 30.3 Å². The van der Waals surface area contributed by atoms with E-state index in [2.05, 4.69) is 17.5 Å². The van der Waals surface area contributed by atoms with E-state index >= 15 is 0 Å². The number of thioether (sulfide) groups is 1. The van der Waals surface area contributed by atoms with E-state index in [4.69, 9.17) is 14.7 Å². The molecular weight excluding hydrogens is 414 g/mol. The van der Waals surface area contributed by atoms with Crippen molar-refractivity contribution in [2.24, 2.45) is 0 Å².